The van der Waals surface area contributed by atoms with Crippen LogP contribution in [-0.4, -0.2) is 8.42 Å². The first kappa shape index (κ1) is 15.8. The second-order valence-electron chi connectivity index (χ2n) is 4.89. The van der Waals surface area contributed by atoms with Crippen molar-refractivity contribution in [3.05, 3.63) is 58.6 Å². The Kier molecular flexibility index (Phi) is 4.56. The lowest BCUT2D eigenvalue weighted by Gasteiger charge is -2.16. The SMILES string of the molecule is Cc1cc(Cl)c(S(=O)(=O)N[C@H](C)c2ccccc2)cc1N. The van der Waals surface area contributed by atoms with Crippen molar-refractivity contribution in [1.29, 1.82) is 0 Å². The molecule has 21 heavy (non-hydrogen) atoms. The van der Waals surface area contributed by atoms with Gasteiger partial charge in [-0.15, -0.1) is 0 Å². The molecule has 0 spiro atoms. The van der Waals surface area contributed by atoms with Gasteiger partial charge in [-0.1, -0.05) is 41.9 Å². The Balaban J connectivity index is 2.33. The smallest absolute Gasteiger partial charge is 0.242 e. The van der Waals surface area contributed by atoms with E-state index in [0.717, 1.165) is 11.1 Å². The summed E-state index contributed by atoms with van der Waals surface area (Å²) in [5, 5.41) is 0.162. The van der Waals surface area contributed by atoms with E-state index in [1.54, 1.807) is 19.9 Å². The molecule has 0 aliphatic carbocycles. The molecule has 1 atom stereocenters. The van der Waals surface area contributed by atoms with Crippen LogP contribution in [-0.2, 0) is 10.0 Å². The lowest BCUT2D eigenvalue weighted by molar-refractivity contribution is 0.567. The summed E-state index contributed by atoms with van der Waals surface area (Å²) in [7, 11) is -3.74. The minimum Gasteiger partial charge on any atom is -0.398 e. The molecule has 0 aliphatic rings. The van der Waals surface area contributed by atoms with Gasteiger partial charge in [-0.25, -0.2) is 13.1 Å². The van der Waals surface area contributed by atoms with E-state index in [9.17, 15) is 8.42 Å². The number of sulfonamides is 1. The fourth-order valence-electron chi connectivity index (χ4n) is 1.98. The van der Waals surface area contributed by atoms with Gasteiger partial charge in [-0.2, -0.15) is 0 Å². The summed E-state index contributed by atoms with van der Waals surface area (Å²) < 4.78 is 27.5. The van der Waals surface area contributed by atoms with Gasteiger partial charge >= 0.3 is 0 Å². The Hall–Kier alpha value is -1.56. The molecular formula is C15H17ClN2O2S. The second-order valence-corrected chi connectivity index (χ2v) is 6.98. The zero-order valence-corrected chi connectivity index (χ0v) is 13.4. The van der Waals surface area contributed by atoms with Crippen molar-refractivity contribution in [1.82, 2.24) is 4.72 Å². The predicted octanol–water partition coefficient (Wildman–Crippen LogP) is 3.27. The molecule has 2 aromatic carbocycles. The van der Waals surface area contributed by atoms with Crippen molar-refractivity contribution >= 4 is 27.3 Å². The summed E-state index contributed by atoms with van der Waals surface area (Å²) in [5.41, 5.74) is 7.79. The Morgan fingerprint density at radius 1 is 1.19 bits per heavy atom. The number of rotatable bonds is 4. The molecule has 2 aromatic rings. The zero-order valence-electron chi connectivity index (χ0n) is 11.8. The van der Waals surface area contributed by atoms with Crippen molar-refractivity contribution in [2.45, 2.75) is 24.8 Å². The van der Waals surface area contributed by atoms with Crippen LogP contribution in [0.5, 0.6) is 0 Å². The highest BCUT2D eigenvalue weighted by Crippen LogP contribution is 2.27. The van der Waals surface area contributed by atoms with Crippen LogP contribution in [0.25, 0.3) is 0 Å². The van der Waals surface area contributed by atoms with E-state index in [1.807, 2.05) is 30.3 Å². The van der Waals surface area contributed by atoms with E-state index < -0.39 is 10.0 Å². The van der Waals surface area contributed by atoms with Crippen molar-refractivity contribution in [2.24, 2.45) is 0 Å². The maximum Gasteiger partial charge on any atom is 0.242 e. The first-order valence-electron chi connectivity index (χ1n) is 6.44. The van der Waals surface area contributed by atoms with Crippen molar-refractivity contribution in [2.75, 3.05) is 5.73 Å². The number of halogens is 1. The van der Waals surface area contributed by atoms with Crippen molar-refractivity contribution in [3.63, 3.8) is 0 Å². The monoisotopic (exact) mass is 324 g/mol. The highest BCUT2D eigenvalue weighted by Gasteiger charge is 2.22. The molecule has 0 saturated heterocycles. The lowest BCUT2D eigenvalue weighted by atomic mass is 10.1. The first-order valence-corrected chi connectivity index (χ1v) is 8.30. The largest absolute Gasteiger partial charge is 0.398 e. The molecule has 0 radical (unpaired) electrons. The van der Waals surface area contributed by atoms with Gasteiger partial charge in [0, 0.05) is 11.7 Å². The van der Waals surface area contributed by atoms with Gasteiger partial charge in [0.15, 0.2) is 0 Å². The van der Waals surface area contributed by atoms with Crippen LogP contribution in [0.4, 0.5) is 5.69 Å². The number of benzene rings is 2. The number of aryl methyl sites for hydroxylation is 1. The number of hydrogen-bond acceptors (Lipinski definition) is 3. The fraction of sp³-hybridized carbons (Fsp3) is 0.200. The predicted molar refractivity (Wildman–Crippen MR) is 85.8 cm³/mol. The third kappa shape index (κ3) is 3.56. The molecule has 0 aliphatic heterocycles. The molecule has 0 fully saturated rings. The summed E-state index contributed by atoms with van der Waals surface area (Å²) in [6, 6.07) is 11.9. The molecule has 0 aromatic heterocycles. The van der Waals surface area contributed by atoms with Crippen molar-refractivity contribution < 1.29 is 8.42 Å². The summed E-state index contributed by atoms with van der Waals surface area (Å²) in [4.78, 5) is -0.00459. The maximum atomic E-state index is 12.4. The standard InChI is InChI=1S/C15H17ClN2O2S/c1-10-8-13(16)15(9-14(10)17)21(19,20)18-11(2)12-6-4-3-5-7-12/h3-9,11,18H,17H2,1-2H3/t11-/m1/s1. The van der Waals surface area contributed by atoms with Gasteiger partial charge in [0.1, 0.15) is 4.90 Å². The van der Waals surface area contributed by atoms with Crippen LogP contribution >= 0.6 is 11.6 Å². The summed E-state index contributed by atoms with van der Waals surface area (Å²) in [6.07, 6.45) is 0. The zero-order chi connectivity index (χ0) is 15.6. The van der Waals surface area contributed by atoms with Gasteiger partial charge in [-0.3, -0.25) is 0 Å². The van der Waals surface area contributed by atoms with Gasteiger partial charge in [0.2, 0.25) is 10.0 Å². The summed E-state index contributed by atoms with van der Waals surface area (Å²) in [6.45, 7) is 3.55. The van der Waals surface area contributed by atoms with Gasteiger partial charge in [-0.05, 0) is 37.1 Å². The molecule has 2 rings (SSSR count). The lowest BCUT2D eigenvalue weighted by Crippen LogP contribution is -2.27. The maximum absolute atomic E-state index is 12.4. The molecule has 0 saturated carbocycles. The quantitative estimate of drug-likeness (QED) is 0.848. The van der Waals surface area contributed by atoms with Gasteiger partial charge in [0.25, 0.3) is 0 Å². The number of hydrogen-bond donors (Lipinski definition) is 2. The minimum absolute atomic E-state index is 0.00459. The Morgan fingerprint density at radius 3 is 2.43 bits per heavy atom. The molecular weight excluding hydrogens is 308 g/mol. The average molecular weight is 325 g/mol. The van der Waals surface area contributed by atoms with E-state index in [-0.39, 0.29) is 16.0 Å². The topological polar surface area (TPSA) is 72.2 Å². The molecule has 4 nitrogen and oxygen atoms in total. The molecule has 6 heteroatoms. The van der Waals surface area contributed by atoms with Gasteiger partial charge < -0.3 is 5.73 Å². The van der Waals surface area contributed by atoms with E-state index in [4.69, 9.17) is 17.3 Å². The van der Waals surface area contributed by atoms with E-state index >= 15 is 0 Å². The number of nitrogen functional groups attached to an aromatic ring is 1. The number of anilines is 1. The average Bonchev–Trinajstić information content (AvgIpc) is 2.43. The van der Waals surface area contributed by atoms with E-state index in [2.05, 4.69) is 4.72 Å². The van der Waals surface area contributed by atoms with Crippen LogP contribution < -0.4 is 10.5 Å². The molecule has 0 amide bonds. The molecule has 0 bridgehead atoms. The molecule has 0 heterocycles. The van der Waals surface area contributed by atoms with E-state index in [0.29, 0.717) is 5.69 Å². The Labute approximate surface area is 130 Å². The van der Waals surface area contributed by atoms with Crippen molar-refractivity contribution in [3.8, 4) is 0 Å². The Morgan fingerprint density at radius 2 is 1.81 bits per heavy atom. The van der Waals surface area contributed by atoms with E-state index in [1.165, 1.54) is 6.07 Å². The van der Waals surface area contributed by atoms with Crippen LogP contribution in [0, 0.1) is 6.92 Å². The highest BCUT2D eigenvalue weighted by molar-refractivity contribution is 7.89. The molecule has 112 valence electrons. The number of nitrogens with one attached hydrogen (secondary N) is 1. The molecule has 0 unspecified atom stereocenters. The third-order valence-electron chi connectivity index (χ3n) is 3.24. The fourth-order valence-corrected chi connectivity index (χ4v) is 3.83. The number of nitrogens with two attached hydrogens (primary N) is 1. The van der Waals surface area contributed by atoms with Crippen LogP contribution in [0.2, 0.25) is 5.02 Å². The Bertz CT molecular complexity index is 746. The van der Waals surface area contributed by atoms with Crippen LogP contribution in [0.1, 0.15) is 24.1 Å². The van der Waals surface area contributed by atoms with Gasteiger partial charge in [0.05, 0.1) is 5.02 Å². The summed E-state index contributed by atoms with van der Waals surface area (Å²) >= 11 is 6.04. The minimum atomic E-state index is -3.74. The first-order chi connectivity index (χ1) is 9.81. The highest BCUT2D eigenvalue weighted by atomic mass is 35.5. The third-order valence-corrected chi connectivity index (χ3v) is 5.25. The molecule has 3 N–H and O–H groups in total. The normalized spacial score (nSPS) is 13.1. The van der Waals surface area contributed by atoms with Crippen LogP contribution in [0.3, 0.4) is 0 Å². The van der Waals surface area contributed by atoms with Crippen LogP contribution in [0.15, 0.2) is 47.4 Å². The summed E-state index contributed by atoms with van der Waals surface area (Å²) in [5.74, 6) is 0. The second kappa shape index (κ2) is 6.05.